The molecule has 1 unspecified atom stereocenters. The lowest BCUT2D eigenvalue weighted by Crippen LogP contribution is -2.29. The summed E-state index contributed by atoms with van der Waals surface area (Å²) in [5.41, 5.74) is 2.95. The minimum atomic E-state index is -0.713. The van der Waals surface area contributed by atoms with Crippen LogP contribution in [0.3, 0.4) is 0 Å². The van der Waals surface area contributed by atoms with E-state index in [2.05, 4.69) is 0 Å². The summed E-state index contributed by atoms with van der Waals surface area (Å²) >= 11 is 0. The van der Waals surface area contributed by atoms with Gasteiger partial charge in [0.2, 0.25) is 0 Å². The highest BCUT2D eigenvalue weighted by Gasteiger charge is 2.46. The van der Waals surface area contributed by atoms with E-state index in [4.69, 9.17) is 9.47 Å². The Morgan fingerprint density at radius 3 is 2.32 bits per heavy atom. The maximum Gasteiger partial charge on any atom is 0.295 e. The van der Waals surface area contributed by atoms with Crippen LogP contribution in [0.25, 0.3) is 5.76 Å². The summed E-state index contributed by atoms with van der Waals surface area (Å²) in [4.78, 5) is 27.9. The molecule has 1 heterocycles. The predicted octanol–water partition coefficient (Wildman–Crippen LogP) is 5.02. The molecule has 1 N–H and O–H groups in total. The second kappa shape index (κ2) is 9.83. The molecule has 0 aliphatic carbocycles. The van der Waals surface area contributed by atoms with Crippen LogP contribution in [-0.2, 0) is 16.1 Å². The molecule has 0 saturated carbocycles. The number of benzene rings is 3. The van der Waals surface area contributed by atoms with Crippen molar-refractivity contribution in [2.24, 2.45) is 0 Å². The molecule has 0 bridgehead atoms. The largest absolute Gasteiger partial charge is 0.507 e. The minimum absolute atomic E-state index is 0.0757. The number of hydrogen-bond acceptors (Lipinski definition) is 5. The van der Waals surface area contributed by atoms with Crippen molar-refractivity contribution in [3.8, 4) is 11.5 Å². The van der Waals surface area contributed by atoms with E-state index in [1.54, 1.807) is 25.3 Å². The van der Waals surface area contributed by atoms with E-state index in [0.29, 0.717) is 17.9 Å². The summed E-state index contributed by atoms with van der Waals surface area (Å²) in [6.07, 6.45) is 0. The summed E-state index contributed by atoms with van der Waals surface area (Å²) in [5, 5.41) is 11.2. The van der Waals surface area contributed by atoms with Gasteiger partial charge in [-0.3, -0.25) is 9.59 Å². The number of ketones is 1. The first-order valence-electron chi connectivity index (χ1n) is 11.1. The SMILES string of the molecule is CCOc1ccc(CN2C(=O)C(=O)/C(=C(\O)c3ccc(OC)c(C)c3)C2c2ccccc2)cc1. The zero-order chi connectivity index (χ0) is 24.2. The Hall–Kier alpha value is -4.06. The standard InChI is InChI=1S/C28H27NO5/c1-4-34-22-13-10-19(11-14-22)17-29-25(20-8-6-5-7-9-20)24(27(31)28(29)32)26(30)21-12-15-23(33-3)18(2)16-21/h5-16,25,30H,4,17H2,1-3H3/b26-24-. The number of carbonyl (C=O) groups excluding carboxylic acids is 2. The van der Waals surface area contributed by atoms with Crippen molar-refractivity contribution < 1.29 is 24.2 Å². The second-order valence-electron chi connectivity index (χ2n) is 8.10. The molecule has 3 aromatic carbocycles. The van der Waals surface area contributed by atoms with Gasteiger partial charge in [0.15, 0.2) is 0 Å². The van der Waals surface area contributed by atoms with Crippen molar-refractivity contribution in [1.29, 1.82) is 0 Å². The van der Waals surface area contributed by atoms with Gasteiger partial charge in [-0.15, -0.1) is 0 Å². The second-order valence-corrected chi connectivity index (χ2v) is 8.10. The number of ether oxygens (including phenoxy) is 2. The maximum atomic E-state index is 13.2. The molecule has 1 aliphatic heterocycles. The zero-order valence-electron chi connectivity index (χ0n) is 19.4. The van der Waals surface area contributed by atoms with Crippen LogP contribution in [0.2, 0.25) is 0 Å². The lowest BCUT2D eigenvalue weighted by atomic mass is 9.94. The van der Waals surface area contributed by atoms with Gasteiger partial charge in [-0.2, -0.15) is 0 Å². The molecule has 0 radical (unpaired) electrons. The molecule has 174 valence electrons. The monoisotopic (exact) mass is 457 g/mol. The van der Waals surface area contributed by atoms with E-state index in [1.165, 1.54) is 4.90 Å². The Morgan fingerprint density at radius 1 is 1.00 bits per heavy atom. The van der Waals surface area contributed by atoms with Crippen LogP contribution in [0.4, 0.5) is 0 Å². The van der Waals surface area contributed by atoms with Gasteiger partial charge in [-0.25, -0.2) is 0 Å². The van der Waals surface area contributed by atoms with E-state index in [1.807, 2.05) is 68.4 Å². The van der Waals surface area contributed by atoms with Crippen LogP contribution >= 0.6 is 0 Å². The predicted molar refractivity (Wildman–Crippen MR) is 130 cm³/mol. The Balaban J connectivity index is 1.78. The highest BCUT2D eigenvalue weighted by molar-refractivity contribution is 6.46. The van der Waals surface area contributed by atoms with E-state index in [9.17, 15) is 14.7 Å². The average Bonchev–Trinajstić information content (AvgIpc) is 3.10. The quantitative estimate of drug-likeness (QED) is 0.306. The molecule has 1 saturated heterocycles. The molecule has 6 heteroatoms. The summed E-state index contributed by atoms with van der Waals surface area (Å²) in [7, 11) is 1.57. The van der Waals surface area contributed by atoms with Gasteiger partial charge in [-0.1, -0.05) is 42.5 Å². The van der Waals surface area contributed by atoms with Gasteiger partial charge in [-0.05, 0) is 60.9 Å². The zero-order valence-corrected chi connectivity index (χ0v) is 19.4. The molecular weight excluding hydrogens is 430 g/mol. The molecular formula is C28H27NO5. The number of nitrogens with zero attached hydrogens (tertiary/aromatic N) is 1. The highest BCUT2D eigenvalue weighted by Crippen LogP contribution is 2.40. The van der Waals surface area contributed by atoms with Crippen molar-refractivity contribution in [2.75, 3.05) is 13.7 Å². The number of aryl methyl sites for hydroxylation is 1. The van der Waals surface area contributed by atoms with E-state index >= 15 is 0 Å². The molecule has 6 nitrogen and oxygen atoms in total. The average molecular weight is 458 g/mol. The third kappa shape index (κ3) is 4.39. The third-order valence-electron chi connectivity index (χ3n) is 5.91. The van der Waals surface area contributed by atoms with Crippen LogP contribution in [0.15, 0.2) is 78.4 Å². The van der Waals surface area contributed by atoms with Crippen molar-refractivity contribution in [3.63, 3.8) is 0 Å². The highest BCUT2D eigenvalue weighted by atomic mass is 16.5. The fraction of sp³-hybridized carbons (Fsp3) is 0.214. The lowest BCUT2D eigenvalue weighted by molar-refractivity contribution is -0.140. The van der Waals surface area contributed by atoms with Gasteiger partial charge in [0.05, 0.1) is 25.3 Å². The van der Waals surface area contributed by atoms with Gasteiger partial charge < -0.3 is 19.5 Å². The number of Topliss-reactive ketones (excluding diaryl/α,β-unsaturated/α-hetero) is 1. The van der Waals surface area contributed by atoms with Crippen LogP contribution in [0, 0.1) is 6.92 Å². The lowest BCUT2D eigenvalue weighted by Gasteiger charge is -2.25. The van der Waals surface area contributed by atoms with E-state index < -0.39 is 17.7 Å². The molecule has 0 spiro atoms. The topological polar surface area (TPSA) is 76.1 Å². The van der Waals surface area contributed by atoms with Crippen LogP contribution in [0.5, 0.6) is 11.5 Å². The number of aliphatic hydroxyl groups is 1. The Kier molecular flexibility index (Phi) is 6.68. The van der Waals surface area contributed by atoms with E-state index in [-0.39, 0.29) is 17.9 Å². The summed E-state index contributed by atoms with van der Waals surface area (Å²) < 4.78 is 10.8. The third-order valence-corrected chi connectivity index (χ3v) is 5.91. The molecule has 1 amide bonds. The van der Waals surface area contributed by atoms with E-state index in [0.717, 1.165) is 22.4 Å². The number of carbonyl (C=O) groups is 2. The van der Waals surface area contributed by atoms with Gasteiger partial charge in [0.1, 0.15) is 17.3 Å². The molecule has 3 aromatic rings. The molecule has 34 heavy (non-hydrogen) atoms. The summed E-state index contributed by atoms with van der Waals surface area (Å²) in [6.45, 7) is 4.55. The Labute approximate surface area is 199 Å². The molecule has 0 aromatic heterocycles. The molecule has 4 rings (SSSR count). The van der Waals surface area contributed by atoms with Crippen molar-refractivity contribution in [2.45, 2.75) is 26.4 Å². The summed E-state index contributed by atoms with van der Waals surface area (Å²) in [5.74, 6) is -0.137. The van der Waals surface area contributed by atoms with Crippen LogP contribution in [-0.4, -0.2) is 35.4 Å². The van der Waals surface area contributed by atoms with Crippen LogP contribution < -0.4 is 9.47 Å². The number of likely N-dealkylation sites (tertiary alicyclic amines) is 1. The normalized spacial score (nSPS) is 17.1. The fourth-order valence-electron chi connectivity index (χ4n) is 4.26. The number of hydrogen-bond donors (Lipinski definition) is 1. The van der Waals surface area contributed by atoms with Crippen LogP contribution in [0.1, 0.15) is 35.2 Å². The first kappa shape index (κ1) is 23.1. The smallest absolute Gasteiger partial charge is 0.295 e. The van der Waals surface area contributed by atoms with Crippen molar-refractivity contribution in [3.05, 3.63) is 101 Å². The number of methoxy groups -OCH3 is 1. The molecule has 1 fully saturated rings. The maximum absolute atomic E-state index is 13.2. The van der Waals surface area contributed by atoms with Crippen molar-refractivity contribution in [1.82, 2.24) is 4.90 Å². The fourth-order valence-corrected chi connectivity index (χ4v) is 4.26. The summed E-state index contributed by atoms with van der Waals surface area (Å²) in [6, 6.07) is 21.2. The van der Waals surface area contributed by atoms with Gasteiger partial charge >= 0.3 is 0 Å². The number of aliphatic hydroxyl groups excluding tert-OH is 1. The van der Waals surface area contributed by atoms with Gasteiger partial charge in [0.25, 0.3) is 11.7 Å². The minimum Gasteiger partial charge on any atom is -0.507 e. The molecule has 1 atom stereocenters. The Bertz CT molecular complexity index is 1230. The number of rotatable bonds is 7. The van der Waals surface area contributed by atoms with Gasteiger partial charge in [0, 0.05) is 12.1 Å². The first-order valence-corrected chi connectivity index (χ1v) is 11.1. The molecule has 1 aliphatic rings. The Morgan fingerprint density at radius 2 is 1.71 bits per heavy atom. The van der Waals surface area contributed by atoms with Crippen molar-refractivity contribution >= 4 is 17.4 Å². The number of amides is 1. The first-order chi connectivity index (χ1) is 16.4.